The predicted molar refractivity (Wildman–Crippen MR) is 133 cm³/mol. The lowest BCUT2D eigenvalue weighted by molar-refractivity contribution is 0.0977. The summed E-state index contributed by atoms with van der Waals surface area (Å²) in [5.74, 6) is 1.50. The second kappa shape index (κ2) is 9.18. The van der Waals surface area contributed by atoms with Gasteiger partial charge in [0.05, 0.1) is 36.0 Å². The molecule has 9 heteroatoms. The van der Waals surface area contributed by atoms with Gasteiger partial charge in [-0.25, -0.2) is 8.78 Å². The van der Waals surface area contributed by atoms with Crippen LogP contribution in [0.5, 0.6) is 0 Å². The van der Waals surface area contributed by atoms with Gasteiger partial charge >= 0.3 is 0 Å². The van der Waals surface area contributed by atoms with Crippen molar-refractivity contribution in [2.45, 2.75) is 70.6 Å². The summed E-state index contributed by atoms with van der Waals surface area (Å²) in [4.78, 5) is 15.5. The molecule has 2 saturated heterocycles. The number of nitrogens with zero attached hydrogens (tertiary/aromatic N) is 3. The van der Waals surface area contributed by atoms with Gasteiger partial charge in [-0.1, -0.05) is 26.0 Å². The summed E-state index contributed by atoms with van der Waals surface area (Å²) in [5.41, 5.74) is 0.421. The maximum absolute atomic E-state index is 13.9. The largest absolute Gasteiger partial charge is 0.440 e. The zero-order valence-electron chi connectivity index (χ0n) is 20.6. The summed E-state index contributed by atoms with van der Waals surface area (Å²) in [6.07, 6.45) is 3.89. The maximum Gasteiger partial charge on any atom is 0.284 e. The van der Waals surface area contributed by atoms with Crippen molar-refractivity contribution in [1.29, 1.82) is 0 Å². The van der Waals surface area contributed by atoms with Crippen LogP contribution in [0.25, 0.3) is 11.0 Å². The highest BCUT2D eigenvalue weighted by Crippen LogP contribution is 2.39. The number of anilines is 2. The number of furan rings is 1. The quantitative estimate of drug-likeness (QED) is 0.439. The summed E-state index contributed by atoms with van der Waals surface area (Å²) in [6, 6.07) is 7.61. The summed E-state index contributed by atoms with van der Waals surface area (Å²) < 4.78 is 41.2. The SMILES string of the molecule is CC(C)C1CCC(n2cc(NC(=O)c3cccc4cc(N5C[C@@H]6C[C@H]5CO6)oc34)c(C(F)F)n2)CC1. The third-order valence-electron chi connectivity index (χ3n) is 8.23. The molecule has 3 fully saturated rings. The summed E-state index contributed by atoms with van der Waals surface area (Å²) in [5, 5.41) is 7.70. The highest BCUT2D eigenvalue weighted by atomic mass is 19.3. The van der Waals surface area contributed by atoms with Crippen LogP contribution in [0.1, 0.15) is 74.5 Å². The predicted octanol–water partition coefficient (Wildman–Crippen LogP) is 6.18. The lowest BCUT2D eigenvalue weighted by Gasteiger charge is -2.30. The van der Waals surface area contributed by atoms with E-state index < -0.39 is 18.0 Å². The molecule has 1 saturated carbocycles. The van der Waals surface area contributed by atoms with Crippen LogP contribution in [-0.2, 0) is 4.74 Å². The number of aromatic nitrogens is 2. The first-order valence-corrected chi connectivity index (χ1v) is 13.0. The Balaban J connectivity index is 1.23. The minimum Gasteiger partial charge on any atom is -0.440 e. The first-order chi connectivity index (χ1) is 17.4. The minimum absolute atomic E-state index is 0.0544. The third-order valence-corrected chi connectivity index (χ3v) is 8.23. The first kappa shape index (κ1) is 23.5. The van der Waals surface area contributed by atoms with Crippen LogP contribution in [0.3, 0.4) is 0 Å². The topological polar surface area (TPSA) is 72.5 Å². The number of rotatable bonds is 6. The van der Waals surface area contributed by atoms with Crippen LogP contribution in [0.2, 0.25) is 0 Å². The van der Waals surface area contributed by atoms with E-state index in [1.54, 1.807) is 23.0 Å². The van der Waals surface area contributed by atoms with E-state index in [0.717, 1.165) is 44.0 Å². The molecule has 192 valence electrons. The number of carbonyl (C=O) groups excluding carboxylic acids is 1. The van der Waals surface area contributed by atoms with E-state index in [1.807, 2.05) is 12.1 Å². The van der Waals surface area contributed by atoms with Gasteiger partial charge in [-0.15, -0.1) is 0 Å². The molecule has 0 spiro atoms. The lowest BCUT2D eigenvalue weighted by Crippen LogP contribution is -2.36. The lowest BCUT2D eigenvalue weighted by atomic mass is 9.80. The number of alkyl halides is 2. The molecule has 2 atom stereocenters. The van der Waals surface area contributed by atoms with Gasteiger partial charge in [-0.2, -0.15) is 5.10 Å². The molecule has 3 aromatic rings. The zero-order chi connectivity index (χ0) is 25.0. The van der Waals surface area contributed by atoms with Crippen LogP contribution in [0.15, 0.2) is 34.9 Å². The number of hydrogen-bond acceptors (Lipinski definition) is 5. The maximum atomic E-state index is 13.9. The molecule has 36 heavy (non-hydrogen) atoms. The van der Waals surface area contributed by atoms with E-state index in [4.69, 9.17) is 9.15 Å². The molecule has 0 radical (unpaired) electrons. The van der Waals surface area contributed by atoms with Gasteiger partial charge in [0.1, 0.15) is 5.58 Å². The number of halogens is 2. The summed E-state index contributed by atoms with van der Waals surface area (Å²) >= 11 is 0. The first-order valence-electron chi connectivity index (χ1n) is 13.0. The number of fused-ring (bicyclic) bond motifs is 3. The van der Waals surface area contributed by atoms with Crippen LogP contribution < -0.4 is 10.2 Å². The average molecular weight is 499 g/mol. The second-order valence-corrected chi connectivity index (χ2v) is 10.8. The Labute approximate surface area is 208 Å². The van der Waals surface area contributed by atoms with Crippen molar-refractivity contribution in [1.82, 2.24) is 9.78 Å². The van der Waals surface area contributed by atoms with E-state index in [1.165, 1.54) is 0 Å². The Morgan fingerprint density at radius 2 is 1.97 bits per heavy atom. The summed E-state index contributed by atoms with van der Waals surface area (Å²) in [6.45, 7) is 5.90. The van der Waals surface area contributed by atoms with Gasteiger partial charge in [0.2, 0.25) is 0 Å². The molecule has 2 aliphatic heterocycles. The second-order valence-electron chi connectivity index (χ2n) is 10.8. The number of para-hydroxylation sites is 1. The minimum atomic E-state index is -2.78. The van der Waals surface area contributed by atoms with Gasteiger partial charge < -0.3 is 19.4 Å². The van der Waals surface area contributed by atoms with E-state index in [9.17, 15) is 13.6 Å². The smallest absolute Gasteiger partial charge is 0.284 e. The molecular weight excluding hydrogens is 466 g/mol. The Kier molecular flexibility index (Phi) is 5.98. The number of carbonyl (C=O) groups is 1. The van der Waals surface area contributed by atoms with Crippen LogP contribution in [0, 0.1) is 11.8 Å². The van der Waals surface area contributed by atoms with Gasteiger partial charge in [0.25, 0.3) is 12.3 Å². The molecule has 1 aromatic carbocycles. The molecule has 4 heterocycles. The van der Waals surface area contributed by atoms with Gasteiger partial charge in [0, 0.05) is 24.2 Å². The van der Waals surface area contributed by atoms with Crippen molar-refractivity contribution in [3.8, 4) is 0 Å². The Bertz CT molecular complexity index is 1260. The molecule has 1 aliphatic carbocycles. The normalized spacial score (nSPS) is 26.0. The molecule has 2 aromatic heterocycles. The van der Waals surface area contributed by atoms with Crippen molar-refractivity contribution in [2.24, 2.45) is 11.8 Å². The standard InChI is InChI=1S/C27H32F2N4O3/c1-15(2)16-6-8-18(9-7-16)33-13-22(24(31-33)26(28)29)30-27(34)21-5-3-4-17-10-23(36-25(17)21)32-12-20-11-19(32)14-35-20/h3-5,10,13,15-16,18-20,26H,6-9,11-12,14H2,1-2H3,(H,30,34)/t16?,18?,19-,20-/m0/s1. The van der Waals surface area contributed by atoms with Crippen molar-refractivity contribution < 1.29 is 22.7 Å². The number of ether oxygens (including phenoxy) is 1. The molecule has 6 rings (SSSR count). The number of amides is 1. The molecule has 1 amide bonds. The Hall–Kier alpha value is -2.94. The zero-order valence-corrected chi connectivity index (χ0v) is 20.6. The Morgan fingerprint density at radius 3 is 2.64 bits per heavy atom. The summed E-state index contributed by atoms with van der Waals surface area (Å²) in [7, 11) is 0. The van der Waals surface area contributed by atoms with Crippen molar-refractivity contribution in [2.75, 3.05) is 23.4 Å². The highest BCUT2D eigenvalue weighted by molar-refractivity contribution is 6.12. The monoisotopic (exact) mass is 498 g/mol. The molecular formula is C27H32F2N4O3. The van der Waals surface area contributed by atoms with Crippen molar-refractivity contribution in [3.05, 3.63) is 41.7 Å². The molecule has 7 nitrogen and oxygen atoms in total. The van der Waals surface area contributed by atoms with E-state index in [-0.39, 0.29) is 23.9 Å². The van der Waals surface area contributed by atoms with E-state index >= 15 is 0 Å². The number of morpholine rings is 1. The molecule has 1 N–H and O–H groups in total. The van der Waals surface area contributed by atoms with E-state index in [2.05, 4.69) is 29.2 Å². The van der Waals surface area contributed by atoms with E-state index in [0.29, 0.717) is 35.5 Å². The number of nitrogens with one attached hydrogen (secondary N) is 1. The Morgan fingerprint density at radius 1 is 1.17 bits per heavy atom. The fourth-order valence-electron chi connectivity index (χ4n) is 6.11. The van der Waals surface area contributed by atoms with Crippen LogP contribution >= 0.6 is 0 Å². The molecule has 0 unspecified atom stereocenters. The van der Waals surface area contributed by atoms with Gasteiger partial charge in [0.15, 0.2) is 11.6 Å². The number of benzene rings is 1. The van der Waals surface area contributed by atoms with Crippen LogP contribution in [-0.4, -0.2) is 41.0 Å². The van der Waals surface area contributed by atoms with Crippen molar-refractivity contribution >= 4 is 28.4 Å². The third kappa shape index (κ3) is 4.17. The highest BCUT2D eigenvalue weighted by Gasteiger charge is 2.40. The van der Waals surface area contributed by atoms with Gasteiger partial charge in [-0.05, 0) is 50.0 Å². The fourth-order valence-corrected chi connectivity index (χ4v) is 6.11. The average Bonchev–Trinajstić information content (AvgIpc) is 3.66. The van der Waals surface area contributed by atoms with Gasteiger partial charge in [-0.3, -0.25) is 9.48 Å². The van der Waals surface area contributed by atoms with Crippen LogP contribution in [0.4, 0.5) is 20.4 Å². The van der Waals surface area contributed by atoms with Crippen molar-refractivity contribution in [3.63, 3.8) is 0 Å². The molecule has 2 bridgehead atoms. The molecule has 3 aliphatic rings. The fraction of sp³-hybridized carbons (Fsp3) is 0.556. The number of hydrogen-bond donors (Lipinski definition) is 1.